The molecule has 0 bridgehead atoms. The third-order valence-corrected chi connectivity index (χ3v) is 13.2. The fraction of sp³-hybridized carbons (Fsp3) is 0.0727. The molecular weight excluding hydrogens is 809 g/mol. The Morgan fingerprint density at radius 2 is 1.18 bits per heavy atom. The van der Waals surface area contributed by atoms with E-state index in [2.05, 4.69) is 110 Å². The number of methoxy groups -OCH3 is 1. The molecule has 1 unspecified atom stereocenters. The first kappa shape index (κ1) is 38.1. The summed E-state index contributed by atoms with van der Waals surface area (Å²) in [4.78, 5) is 60.5. The van der Waals surface area contributed by atoms with Crippen LogP contribution in [-0.2, 0) is 11.2 Å². The summed E-state index contributed by atoms with van der Waals surface area (Å²) in [6.07, 6.45) is 7.35. The smallest absolute Gasteiger partial charge is 0.340 e. The van der Waals surface area contributed by atoms with Gasteiger partial charge in [0, 0.05) is 113 Å². The number of benzene rings is 6. The minimum absolute atomic E-state index is 0.214. The molecule has 10 nitrogen and oxygen atoms in total. The van der Waals surface area contributed by atoms with Crippen molar-refractivity contribution in [3.05, 3.63) is 191 Å². The highest BCUT2D eigenvalue weighted by molar-refractivity contribution is 6.21. The average Bonchev–Trinajstić information content (AvgIpc) is 4.21. The van der Waals surface area contributed by atoms with Gasteiger partial charge in [-0.3, -0.25) is 9.59 Å². The number of carbonyl (C=O) groups excluding carboxylic acids is 3. The highest BCUT2D eigenvalue weighted by Crippen LogP contribution is 2.39. The molecule has 1 atom stereocenters. The molecule has 10 heteroatoms. The molecule has 6 N–H and O–H groups in total. The summed E-state index contributed by atoms with van der Waals surface area (Å²) >= 11 is 0. The third kappa shape index (κ3) is 6.13. The number of H-pyrrole nitrogens is 6. The molecule has 6 aromatic heterocycles. The number of aromatic nitrogens is 6. The maximum absolute atomic E-state index is 14.0. The van der Waals surface area contributed by atoms with Crippen molar-refractivity contribution in [2.45, 2.75) is 19.3 Å². The number of nitrogens with one attached hydrogen (secondary N) is 6. The van der Waals surface area contributed by atoms with Gasteiger partial charge in [0.2, 0.25) is 5.78 Å². The summed E-state index contributed by atoms with van der Waals surface area (Å²) in [6.45, 7) is 2.11. The van der Waals surface area contributed by atoms with Gasteiger partial charge in [-0.25, -0.2) is 4.79 Å². The van der Waals surface area contributed by atoms with E-state index in [1.807, 2.05) is 66.9 Å². The highest BCUT2D eigenvalue weighted by Gasteiger charge is 2.27. The number of ether oxygens (including phenoxy) is 1. The van der Waals surface area contributed by atoms with E-state index in [0.717, 1.165) is 107 Å². The van der Waals surface area contributed by atoms with Gasteiger partial charge in [-0.1, -0.05) is 67.6 Å². The molecule has 0 amide bonds. The Morgan fingerprint density at radius 1 is 0.585 bits per heavy atom. The van der Waals surface area contributed by atoms with E-state index in [9.17, 15) is 14.4 Å². The highest BCUT2D eigenvalue weighted by atomic mass is 16.5. The summed E-state index contributed by atoms with van der Waals surface area (Å²) in [5.41, 5.74) is 15.2. The van der Waals surface area contributed by atoms with E-state index in [1.165, 1.54) is 18.1 Å². The number of aldehydes is 1. The van der Waals surface area contributed by atoms with Crippen molar-refractivity contribution in [3.63, 3.8) is 0 Å². The molecule has 0 aliphatic carbocycles. The number of para-hydroxylation sites is 2. The molecule has 0 aliphatic rings. The molecule has 6 aromatic carbocycles. The molecule has 12 rings (SSSR count). The van der Waals surface area contributed by atoms with Crippen molar-refractivity contribution >= 4 is 83.5 Å². The Morgan fingerprint density at radius 3 is 1.95 bits per heavy atom. The first-order chi connectivity index (χ1) is 31.8. The number of esters is 1. The minimum atomic E-state index is -0.432. The quantitative estimate of drug-likeness (QED) is 0.0460. The van der Waals surface area contributed by atoms with Gasteiger partial charge in [0.25, 0.3) is 0 Å². The van der Waals surface area contributed by atoms with Crippen LogP contribution in [0.4, 0.5) is 0 Å². The Labute approximate surface area is 370 Å². The third-order valence-electron chi connectivity index (χ3n) is 13.2. The normalized spacial score (nSPS) is 12.3. The summed E-state index contributed by atoms with van der Waals surface area (Å²) < 4.78 is 5.44. The van der Waals surface area contributed by atoms with Crippen molar-refractivity contribution in [2.24, 2.45) is 0 Å². The second kappa shape index (κ2) is 14.7. The number of aromatic amines is 6. The molecule has 0 fully saturated rings. The van der Waals surface area contributed by atoms with Crippen LogP contribution in [0.15, 0.2) is 146 Å². The van der Waals surface area contributed by atoms with Gasteiger partial charge in [0.15, 0.2) is 6.29 Å². The summed E-state index contributed by atoms with van der Waals surface area (Å²) in [6, 6.07) is 43.0. The van der Waals surface area contributed by atoms with Crippen molar-refractivity contribution in [3.8, 4) is 22.3 Å². The van der Waals surface area contributed by atoms with Crippen LogP contribution in [0.25, 0.3) is 87.7 Å². The fourth-order valence-corrected chi connectivity index (χ4v) is 9.91. The maximum Gasteiger partial charge on any atom is 0.340 e. The first-order valence-corrected chi connectivity index (χ1v) is 21.6. The van der Waals surface area contributed by atoms with E-state index in [0.29, 0.717) is 22.1 Å². The number of rotatable bonds is 10. The van der Waals surface area contributed by atoms with E-state index in [1.54, 1.807) is 6.20 Å². The van der Waals surface area contributed by atoms with Gasteiger partial charge < -0.3 is 34.6 Å². The lowest BCUT2D eigenvalue weighted by Gasteiger charge is -2.12. The molecule has 0 aliphatic heterocycles. The molecule has 314 valence electrons. The van der Waals surface area contributed by atoms with Gasteiger partial charge in [-0.2, -0.15) is 0 Å². The van der Waals surface area contributed by atoms with Crippen LogP contribution in [-0.4, -0.2) is 55.1 Å². The number of fused-ring (bicyclic) bond motifs is 6. The second-order valence-electron chi connectivity index (χ2n) is 16.9. The Bertz CT molecular complexity index is 3900. The zero-order valence-electron chi connectivity index (χ0n) is 35.4. The summed E-state index contributed by atoms with van der Waals surface area (Å²) in [7, 11) is 1.41. The predicted molar refractivity (Wildman–Crippen MR) is 258 cm³/mol. The van der Waals surface area contributed by atoms with Crippen molar-refractivity contribution in [1.82, 2.24) is 29.9 Å². The predicted octanol–water partition coefficient (Wildman–Crippen LogP) is 12.5. The van der Waals surface area contributed by atoms with Gasteiger partial charge >= 0.3 is 5.97 Å². The maximum atomic E-state index is 14.0. The zero-order chi connectivity index (χ0) is 43.9. The number of carbonyl (C=O) groups is 3. The van der Waals surface area contributed by atoms with Crippen LogP contribution in [0, 0.1) is 0 Å². The van der Waals surface area contributed by atoms with E-state index >= 15 is 0 Å². The minimum Gasteiger partial charge on any atom is -0.465 e. The number of hydrogen-bond donors (Lipinski definition) is 6. The summed E-state index contributed by atoms with van der Waals surface area (Å²) in [5.74, 6) is -0.927. The van der Waals surface area contributed by atoms with Crippen LogP contribution < -0.4 is 0 Å². The van der Waals surface area contributed by atoms with Crippen molar-refractivity contribution < 1.29 is 19.1 Å². The fourth-order valence-electron chi connectivity index (χ4n) is 9.91. The number of ketones is 1. The van der Waals surface area contributed by atoms with Gasteiger partial charge in [-0.05, 0) is 100 Å². The molecule has 0 spiro atoms. The first-order valence-electron chi connectivity index (χ1n) is 21.6. The Kier molecular flexibility index (Phi) is 8.64. The van der Waals surface area contributed by atoms with Crippen LogP contribution in [0.2, 0.25) is 0 Å². The van der Waals surface area contributed by atoms with Crippen molar-refractivity contribution in [2.75, 3.05) is 7.11 Å². The topological polar surface area (TPSA) is 155 Å². The molecule has 0 saturated carbocycles. The van der Waals surface area contributed by atoms with Crippen LogP contribution >= 0.6 is 0 Å². The summed E-state index contributed by atoms with van der Waals surface area (Å²) in [5, 5.41) is 5.62. The lowest BCUT2D eigenvalue weighted by atomic mass is 9.92. The zero-order valence-corrected chi connectivity index (χ0v) is 35.4. The van der Waals surface area contributed by atoms with Gasteiger partial charge in [0.05, 0.1) is 23.9 Å². The Balaban J connectivity index is 0.876. The van der Waals surface area contributed by atoms with E-state index in [4.69, 9.17) is 4.74 Å². The molecular formula is C55H40N6O4. The van der Waals surface area contributed by atoms with Crippen LogP contribution in [0.5, 0.6) is 0 Å². The Hall–Kier alpha value is -8.63. The monoisotopic (exact) mass is 848 g/mol. The van der Waals surface area contributed by atoms with Gasteiger partial charge in [-0.15, -0.1) is 0 Å². The van der Waals surface area contributed by atoms with Gasteiger partial charge in [0.1, 0.15) is 0 Å². The average molecular weight is 849 g/mol. The molecule has 6 heterocycles. The molecule has 65 heavy (non-hydrogen) atoms. The second-order valence-corrected chi connectivity index (χ2v) is 16.9. The number of hydrogen-bond acceptors (Lipinski definition) is 4. The lowest BCUT2D eigenvalue weighted by Crippen LogP contribution is -2.07. The van der Waals surface area contributed by atoms with Crippen molar-refractivity contribution in [1.29, 1.82) is 0 Å². The standard InChI is InChI=1S/C55H40N6O4/c1-29(42-26-57-47-16-12-31(22-39(42)47)30-11-15-45-34(19-30)20-36(59-45)21-35-25-56-46-9-5-3-7-37(35)46)52-51(55(64)65-2)41-24-33(14-18-50(41)60-52)32-13-17-48-40(23-32)43(27-58-48)54(63)53-44(28-62)38-8-4-6-10-49(38)61-53/h3-20,22-29,56-61H,21H2,1-2H3. The molecule has 12 aromatic rings. The SMILES string of the molecule is COC(=O)c1c(C(C)c2c[nH]c3ccc(-c4ccc5[nH]c(Cc6c[nH]c7ccccc67)cc5c4)cc23)[nH]c2ccc(-c3ccc4[nH]cc(C(=O)c5[nH]c6ccccc6c5C=O)c4c3)cc12. The lowest BCUT2D eigenvalue weighted by molar-refractivity contribution is 0.0601. The molecule has 0 radical (unpaired) electrons. The van der Waals surface area contributed by atoms with E-state index < -0.39 is 5.97 Å². The van der Waals surface area contributed by atoms with Crippen LogP contribution in [0.1, 0.15) is 72.1 Å². The largest absolute Gasteiger partial charge is 0.465 e. The van der Waals surface area contributed by atoms with Crippen LogP contribution in [0.3, 0.4) is 0 Å². The van der Waals surface area contributed by atoms with E-state index in [-0.39, 0.29) is 17.4 Å². The molecule has 0 saturated heterocycles.